The molecule has 0 bridgehead atoms. The topological polar surface area (TPSA) is 30.3 Å². The fraction of sp³-hybridized carbons (Fsp3) is 0.0238. The van der Waals surface area contributed by atoms with E-state index < -0.39 is 0 Å². The third-order valence-corrected chi connectivity index (χ3v) is 7.55. The van der Waals surface area contributed by atoms with Crippen LogP contribution in [0.25, 0.3) is 11.1 Å². The maximum Gasteiger partial charge on any atom is 0.129 e. The number of nitrogens with zero attached hydrogens (tertiary/aromatic N) is 2. The van der Waals surface area contributed by atoms with E-state index in [4.69, 9.17) is 5.41 Å². The van der Waals surface area contributed by atoms with Crippen molar-refractivity contribution >= 4 is 28.7 Å². The van der Waals surface area contributed by atoms with E-state index in [1.165, 1.54) is 6.21 Å². The summed E-state index contributed by atoms with van der Waals surface area (Å²) >= 11 is 0. The second kappa shape index (κ2) is 14.5. The molecule has 1 N–H and O–H groups in total. The zero-order valence-electron chi connectivity index (χ0n) is 25.6. The second-order valence-electron chi connectivity index (χ2n) is 10.7. The molecule has 0 aromatic heterocycles. The first-order valence-corrected chi connectivity index (χ1v) is 14.8. The molecule has 2 aliphatic rings. The van der Waals surface area contributed by atoms with Crippen LogP contribution in [0.5, 0.6) is 0 Å². The third kappa shape index (κ3) is 7.35. The van der Waals surface area contributed by atoms with Crippen LogP contribution in [0.2, 0.25) is 0 Å². The van der Waals surface area contributed by atoms with Crippen molar-refractivity contribution < 1.29 is 0 Å². The molecule has 2 aliphatic heterocycles. The fourth-order valence-corrected chi connectivity index (χ4v) is 5.12. The molecular formula is C42H37N3. The van der Waals surface area contributed by atoms with Crippen LogP contribution in [-0.2, 0) is 0 Å². The average Bonchev–Trinajstić information content (AvgIpc) is 3.09. The lowest BCUT2D eigenvalue weighted by atomic mass is 9.98. The van der Waals surface area contributed by atoms with Gasteiger partial charge in [0.15, 0.2) is 0 Å². The highest BCUT2D eigenvalue weighted by atomic mass is 15.3. The van der Waals surface area contributed by atoms with Crippen molar-refractivity contribution in [3.8, 4) is 0 Å². The summed E-state index contributed by atoms with van der Waals surface area (Å²) in [6, 6.07) is 29.0. The Labute approximate surface area is 267 Å². The zero-order chi connectivity index (χ0) is 31.6. The molecule has 0 atom stereocenters. The minimum Gasteiger partial charge on any atom is -0.309 e. The summed E-state index contributed by atoms with van der Waals surface area (Å²) in [4.78, 5) is 4.36. The molecule has 3 aromatic carbocycles. The Hall–Kier alpha value is -5.93. The summed E-state index contributed by atoms with van der Waals surface area (Å²) < 4.78 is 0. The smallest absolute Gasteiger partial charge is 0.129 e. The van der Waals surface area contributed by atoms with E-state index in [0.717, 1.165) is 61.8 Å². The molecule has 5 rings (SSSR count). The zero-order valence-corrected chi connectivity index (χ0v) is 25.6. The fourth-order valence-electron chi connectivity index (χ4n) is 5.12. The number of rotatable bonds is 6. The summed E-state index contributed by atoms with van der Waals surface area (Å²) in [6.07, 6.45) is 25.5. The van der Waals surface area contributed by atoms with Crippen LogP contribution in [0.4, 0.5) is 11.4 Å². The molecule has 0 radical (unpaired) electrons. The summed E-state index contributed by atoms with van der Waals surface area (Å²) in [5.41, 5.74) is 9.62. The third-order valence-electron chi connectivity index (χ3n) is 7.55. The van der Waals surface area contributed by atoms with E-state index in [1.807, 2.05) is 85.0 Å². The molecule has 0 fully saturated rings. The van der Waals surface area contributed by atoms with Gasteiger partial charge in [0.25, 0.3) is 0 Å². The van der Waals surface area contributed by atoms with Gasteiger partial charge in [-0.1, -0.05) is 123 Å². The Morgan fingerprint density at radius 1 is 0.622 bits per heavy atom. The van der Waals surface area contributed by atoms with E-state index in [9.17, 15) is 0 Å². The number of para-hydroxylation sites is 1. The lowest BCUT2D eigenvalue weighted by Gasteiger charge is -2.35. The Bertz CT molecular complexity index is 1850. The maximum absolute atomic E-state index is 7.91. The van der Waals surface area contributed by atoms with Gasteiger partial charge in [-0.05, 0) is 88.4 Å². The van der Waals surface area contributed by atoms with Crippen LogP contribution < -0.4 is 9.80 Å². The lowest BCUT2D eigenvalue weighted by Crippen LogP contribution is -2.31. The Morgan fingerprint density at radius 2 is 1.20 bits per heavy atom. The molecule has 0 saturated carbocycles. The first kappa shape index (κ1) is 30.5. The number of nitrogens with one attached hydrogen (secondary N) is 1. The number of allylic oxidation sites excluding steroid dienone is 16. The highest BCUT2D eigenvalue weighted by Gasteiger charge is 2.23. The van der Waals surface area contributed by atoms with Gasteiger partial charge in [-0.25, -0.2) is 0 Å². The molecular weight excluding hydrogens is 546 g/mol. The molecule has 0 saturated heterocycles. The molecule has 3 heteroatoms. The Kier molecular flexibility index (Phi) is 9.83. The first-order valence-electron chi connectivity index (χ1n) is 14.8. The summed E-state index contributed by atoms with van der Waals surface area (Å²) in [5.74, 6) is 0.902. The van der Waals surface area contributed by atoms with Crippen molar-refractivity contribution in [2.45, 2.75) is 6.92 Å². The van der Waals surface area contributed by atoms with Crippen LogP contribution in [0, 0.1) is 5.41 Å². The molecule has 2 heterocycles. The predicted octanol–water partition coefficient (Wildman–Crippen LogP) is 10.7. The van der Waals surface area contributed by atoms with Crippen molar-refractivity contribution in [3.63, 3.8) is 0 Å². The van der Waals surface area contributed by atoms with Crippen molar-refractivity contribution in [2.24, 2.45) is 0 Å². The van der Waals surface area contributed by atoms with Crippen molar-refractivity contribution in [1.29, 1.82) is 5.41 Å². The van der Waals surface area contributed by atoms with Crippen LogP contribution in [-0.4, -0.2) is 6.21 Å². The van der Waals surface area contributed by atoms with Crippen LogP contribution >= 0.6 is 0 Å². The minimum atomic E-state index is 0.824. The van der Waals surface area contributed by atoms with Gasteiger partial charge in [0.05, 0.1) is 0 Å². The second-order valence-corrected chi connectivity index (χ2v) is 10.7. The average molecular weight is 584 g/mol. The van der Waals surface area contributed by atoms with Crippen molar-refractivity contribution in [1.82, 2.24) is 0 Å². The van der Waals surface area contributed by atoms with Gasteiger partial charge >= 0.3 is 0 Å². The van der Waals surface area contributed by atoms with E-state index in [0.29, 0.717) is 0 Å². The Balaban J connectivity index is 1.72. The van der Waals surface area contributed by atoms with E-state index >= 15 is 0 Å². The molecule has 0 spiro atoms. The van der Waals surface area contributed by atoms with E-state index in [2.05, 4.69) is 110 Å². The molecule has 0 unspecified atom stereocenters. The van der Waals surface area contributed by atoms with Gasteiger partial charge in [0, 0.05) is 35.6 Å². The highest BCUT2D eigenvalue weighted by molar-refractivity contribution is 5.92. The van der Waals surface area contributed by atoms with Crippen LogP contribution in [0.1, 0.15) is 18.1 Å². The van der Waals surface area contributed by atoms with Crippen LogP contribution in [0.15, 0.2) is 206 Å². The van der Waals surface area contributed by atoms with Gasteiger partial charge in [-0.15, -0.1) is 0 Å². The summed E-state index contributed by atoms with van der Waals surface area (Å²) in [5, 5.41) is 7.91. The van der Waals surface area contributed by atoms with Gasteiger partial charge in [0.2, 0.25) is 0 Å². The minimum absolute atomic E-state index is 0.824. The van der Waals surface area contributed by atoms with Crippen molar-refractivity contribution in [2.75, 3.05) is 9.80 Å². The molecule has 220 valence electrons. The molecule has 0 aliphatic carbocycles. The SMILES string of the molecule is C=C1/C=C\C=C/N(c2ccccc2)/C2=C(\C=C/C1=C)C(=C)/C=C\C=C/N2c1cccc(C(/C=C(\C)c2ccccc2)=C/C=N)c1. The first-order chi connectivity index (χ1) is 22.0. The predicted molar refractivity (Wildman–Crippen MR) is 195 cm³/mol. The van der Waals surface area contributed by atoms with Crippen LogP contribution in [0.3, 0.4) is 0 Å². The maximum atomic E-state index is 7.91. The summed E-state index contributed by atoms with van der Waals surface area (Å²) in [7, 11) is 0. The van der Waals surface area contributed by atoms with E-state index in [1.54, 1.807) is 0 Å². The quantitative estimate of drug-likeness (QED) is 0.231. The monoisotopic (exact) mass is 583 g/mol. The highest BCUT2D eigenvalue weighted by Crippen LogP contribution is 2.35. The van der Waals surface area contributed by atoms with Gasteiger partial charge in [0.1, 0.15) is 5.82 Å². The standard InChI is InChI=1S/C42H37N3/c1-32-16-11-13-28-44(39-21-9-6-10-22-39)42-41(25-24-33(32)2)34(3)17-12-14-29-45(42)40-23-15-20-37(31-40)38(26-27-43)30-35(4)36-18-7-5-8-19-36/h5-31,43H,1-3H2,4H3/b16-11-,17-12-,25-24-,28-13-,29-14-,35-30+,38-26+,42-41-,43-27?. The molecule has 3 nitrogen and oxygen atoms in total. The van der Waals surface area contributed by atoms with Gasteiger partial charge in [-0.2, -0.15) is 0 Å². The van der Waals surface area contributed by atoms with Gasteiger partial charge < -0.3 is 15.2 Å². The largest absolute Gasteiger partial charge is 0.309 e. The number of benzene rings is 3. The molecule has 45 heavy (non-hydrogen) atoms. The normalized spacial score (nSPS) is 21.1. The number of anilines is 2. The lowest BCUT2D eigenvalue weighted by molar-refractivity contribution is 1.02. The van der Waals surface area contributed by atoms with Crippen molar-refractivity contribution in [3.05, 3.63) is 217 Å². The number of hydrogen-bond acceptors (Lipinski definition) is 3. The summed E-state index contributed by atoms with van der Waals surface area (Å²) in [6.45, 7) is 15.0. The van der Waals surface area contributed by atoms with Gasteiger partial charge in [-0.3, -0.25) is 0 Å². The molecule has 3 aromatic rings. The molecule has 0 amide bonds. The van der Waals surface area contributed by atoms with E-state index in [-0.39, 0.29) is 0 Å². The Morgan fingerprint density at radius 3 is 1.89 bits per heavy atom. The number of hydrogen-bond donors (Lipinski definition) is 1.